The molecule has 0 fully saturated rings. The number of benzene rings is 4. The van der Waals surface area contributed by atoms with Crippen LogP contribution in [0.25, 0.3) is 21.9 Å². The van der Waals surface area contributed by atoms with Crippen LogP contribution < -0.4 is 16.0 Å². The number of aromatic nitrogens is 1. The van der Waals surface area contributed by atoms with E-state index in [1.807, 2.05) is 115 Å². The van der Waals surface area contributed by atoms with E-state index in [0.29, 0.717) is 26.9 Å². The first-order chi connectivity index (χ1) is 16.1. The van der Waals surface area contributed by atoms with E-state index >= 15 is 0 Å². The van der Waals surface area contributed by atoms with Gasteiger partial charge in [-0.05, 0) is 10.9 Å². The van der Waals surface area contributed by atoms with E-state index in [1.54, 1.807) is 0 Å². The van der Waals surface area contributed by atoms with E-state index < -0.39 is 13.1 Å². The van der Waals surface area contributed by atoms with E-state index in [4.69, 9.17) is 0 Å². The Morgan fingerprint density at radius 2 is 1.09 bits per heavy atom. The van der Waals surface area contributed by atoms with Gasteiger partial charge in [0.25, 0.3) is 0 Å². The predicted octanol–water partition coefficient (Wildman–Crippen LogP) is 5.24. The first-order valence-corrected chi connectivity index (χ1v) is 12.2. The topological polar surface area (TPSA) is 67.3 Å². The molecular weight excluding hydrogens is 429 g/mol. The Kier molecular flexibility index (Phi) is 5.37. The standard InChI is InChI=1S/C28H20NO3P/c30-28(31)26-25(20-12-4-1-5-13-20)23-18-10-11-19-24(23)27(29-26)33(32,21-14-6-2-7-15-21)22-16-8-3-9-17-22/h1-19H,(H,30,31). The lowest BCUT2D eigenvalue weighted by Crippen LogP contribution is -2.29. The summed E-state index contributed by atoms with van der Waals surface area (Å²) >= 11 is 0. The molecular formula is C28H20NO3P. The van der Waals surface area contributed by atoms with Crippen molar-refractivity contribution in [3.8, 4) is 11.1 Å². The average Bonchev–Trinajstić information content (AvgIpc) is 2.88. The summed E-state index contributed by atoms with van der Waals surface area (Å²) < 4.78 is 15.0. The molecule has 1 N–H and O–H groups in total. The minimum absolute atomic E-state index is 0.109. The molecule has 160 valence electrons. The molecule has 5 aromatic rings. The van der Waals surface area contributed by atoms with Crippen molar-refractivity contribution < 1.29 is 14.5 Å². The minimum Gasteiger partial charge on any atom is -0.476 e. The number of aromatic carboxylic acids is 1. The number of hydrogen-bond donors (Lipinski definition) is 1. The van der Waals surface area contributed by atoms with Crippen LogP contribution in [0.5, 0.6) is 0 Å². The third-order valence-electron chi connectivity index (χ3n) is 5.69. The van der Waals surface area contributed by atoms with Gasteiger partial charge >= 0.3 is 5.97 Å². The maximum Gasteiger partial charge on any atom is 0.355 e. The molecule has 0 aliphatic carbocycles. The largest absolute Gasteiger partial charge is 0.476 e. The number of carboxylic acids is 1. The van der Waals surface area contributed by atoms with Crippen LogP contribution in [-0.4, -0.2) is 16.1 Å². The number of nitrogens with zero attached hydrogens (tertiary/aromatic N) is 1. The molecule has 5 heteroatoms. The lowest BCUT2D eigenvalue weighted by Gasteiger charge is -2.22. The van der Waals surface area contributed by atoms with Crippen LogP contribution in [0.2, 0.25) is 0 Å². The molecule has 1 heterocycles. The van der Waals surface area contributed by atoms with E-state index in [2.05, 4.69) is 4.98 Å². The summed E-state index contributed by atoms with van der Waals surface area (Å²) in [6, 6.07) is 35.1. The number of rotatable bonds is 5. The lowest BCUT2D eigenvalue weighted by atomic mass is 9.97. The van der Waals surface area contributed by atoms with Gasteiger partial charge in [-0.3, -0.25) is 0 Å². The van der Waals surface area contributed by atoms with Crippen molar-refractivity contribution >= 4 is 39.9 Å². The number of hydrogen-bond acceptors (Lipinski definition) is 3. The zero-order valence-corrected chi connectivity index (χ0v) is 18.5. The Bertz CT molecular complexity index is 1460. The summed E-state index contributed by atoms with van der Waals surface area (Å²) in [7, 11) is -3.47. The Balaban J connectivity index is 1.94. The van der Waals surface area contributed by atoms with Crippen molar-refractivity contribution in [2.75, 3.05) is 0 Å². The SMILES string of the molecule is O=C(O)c1nc(P(=O)(c2ccccc2)c2ccccc2)c2ccccc2c1-c1ccccc1. The van der Waals surface area contributed by atoms with Crippen LogP contribution in [-0.2, 0) is 4.57 Å². The van der Waals surface area contributed by atoms with Crippen molar-refractivity contribution in [1.82, 2.24) is 4.98 Å². The maximum atomic E-state index is 15.0. The smallest absolute Gasteiger partial charge is 0.355 e. The fraction of sp³-hybridized carbons (Fsp3) is 0. The zero-order chi connectivity index (χ0) is 22.8. The third-order valence-corrected chi connectivity index (χ3v) is 8.68. The van der Waals surface area contributed by atoms with Crippen molar-refractivity contribution in [1.29, 1.82) is 0 Å². The molecule has 1 aromatic heterocycles. The molecule has 4 aromatic carbocycles. The Morgan fingerprint density at radius 1 is 0.636 bits per heavy atom. The predicted molar refractivity (Wildman–Crippen MR) is 134 cm³/mol. The van der Waals surface area contributed by atoms with Gasteiger partial charge in [0.2, 0.25) is 0 Å². The summed E-state index contributed by atoms with van der Waals surface area (Å²) in [5.74, 6) is -1.16. The van der Waals surface area contributed by atoms with Crippen molar-refractivity contribution in [2.24, 2.45) is 0 Å². The van der Waals surface area contributed by atoms with Crippen molar-refractivity contribution in [3.63, 3.8) is 0 Å². The first kappa shape index (κ1) is 20.9. The Hall–Kier alpha value is -4.01. The maximum absolute atomic E-state index is 15.0. The highest BCUT2D eigenvalue weighted by molar-refractivity contribution is 7.85. The highest BCUT2D eigenvalue weighted by atomic mass is 31.2. The second kappa shape index (κ2) is 8.50. The summed E-state index contributed by atoms with van der Waals surface area (Å²) in [5, 5.41) is 12.8. The Labute approximate surface area is 191 Å². The number of fused-ring (bicyclic) bond motifs is 1. The van der Waals surface area contributed by atoms with Crippen molar-refractivity contribution in [3.05, 3.63) is 121 Å². The summed E-state index contributed by atoms with van der Waals surface area (Å²) in [6.45, 7) is 0. The number of pyridine rings is 1. The molecule has 0 unspecified atom stereocenters. The molecule has 0 saturated heterocycles. The van der Waals surface area contributed by atoms with Gasteiger partial charge in [-0.1, -0.05) is 115 Å². The van der Waals surface area contributed by atoms with Crippen molar-refractivity contribution in [2.45, 2.75) is 0 Å². The third kappa shape index (κ3) is 3.55. The fourth-order valence-corrected chi connectivity index (χ4v) is 6.95. The van der Waals surface area contributed by atoms with E-state index in [9.17, 15) is 14.5 Å². The van der Waals surface area contributed by atoms with Gasteiger partial charge in [-0.15, -0.1) is 0 Å². The molecule has 0 aliphatic heterocycles. The molecule has 5 rings (SSSR count). The van der Waals surface area contributed by atoms with Crippen LogP contribution in [0.15, 0.2) is 115 Å². The summed E-state index contributed by atoms with van der Waals surface area (Å²) in [5.41, 5.74) is 1.45. The zero-order valence-electron chi connectivity index (χ0n) is 17.6. The minimum atomic E-state index is -3.47. The van der Waals surface area contributed by atoms with E-state index in [1.165, 1.54) is 0 Å². The van der Waals surface area contributed by atoms with Gasteiger partial charge in [-0.2, -0.15) is 0 Å². The van der Waals surface area contributed by atoms with Gasteiger partial charge in [0.15, 0.2) is 12.8 Å². The normalized spacial score (nSPS) is 11.4. The molecule has 0 spiro atoms. The second-order valence-corrected chi connectivity index (χ2v) is 10.3. The highest BCUT2D eigenvalue weighted by Gasteiger charge is 2.35. The molecule has 0 aliphatic rings. The molecule has 0 bridgehead atoms. The van der Waals surface area contributed by atoms with Gasteiger partial charge in [-0.25, -0.2) is 9.78 Å². The van der Waals surface area contributed by atoms with Gasteiger partial charge in [0, 0.05) is 21.6 Å². The van der Waals surface area contributed by atoms with Gasteiger partial charge < -0.3 is 9.67 Å². The molecule has 0 amide bonds. The highest BCUT2D eigenvalue weighted by Crippen LogP contribution is 2.45. The van der Waals surface area contributed by atoms with Gasteiger partial charge in [0.1, 0.15) is 5.44 Å². The van der Waals surface area contributed by atoms with E-state index in [-0.39, 0.29) is 11.1 Å². The average molecular weight is 449 g/mol. The van der Waals surface area contributed by atoms with Crippen LogP contribution in [0.1, 0.15) is 10.5 Å². The Morgan fingerprint density at radius 3 is 1.61 bits per heavy atom. The summed E-state index contributed by atoms with van der Waals surface area (Å²) in [4.78, 5) is 17.1. The summed E-state index contributed by atoms with van der Waals surface area (Å²) in [6.07, 6.45) is 0. The second-order valence-electron chi connectivity index (χ2n) is 7.66. The van der Waals surface area contributed by atoms with Gasteiger partial charge in [0.05, 0.1) is 0 Å². The molecule has 0 atom stereocenters. The molecule has 0 saturated carbocycles. The number of carbonyl (C=O) groups is 1. The fourth-order valence-electron chi connectivity index (χ4n) is 4.21. The van der Waals surface area contributed by atoms with Crippen LogP contribution in [0, 0.1) is 0 Å². The van der Waals surface area contributed by atoms with Crippen LogP contribution >= 0.6 is 7.14 Å². The molecule has 33 heavy (non-hydrogen) atoms. The quantitative estimate of drug-likeness (QED) is 0.373. The molecule has 0 radical (unpaired) electrons. The van der Waals surface area contributed by atoms with E-state index in [0.717, 1.165) is 5.56 Å². The number of carboxylic acid groups (broad SMARTS) is 1. The molecule has 4 nitrogen and oxygen atoms in total. The van der Waals surface area contributed by atoms with Crippen LogP contribution in [0.4, 0.5) is 0 Å². The monoisotopic (exact) mass is 449 g/mol. The lowest BCUT2D eigenvalue weighted by molar-refractivity contribution is 0.0692. The first-order valence-electron chi connectivity index (χ1n) is 10.5. The van der Waals surface area contributed by atoms with Crippen LogP contribution in [0.3, 0.4) is 0 Å².